The Balaban J connectivity index is 1.69. The third kappa shape index (κ3) is 6.45. The van der Waals surface area contributed by atoms with Gasteiger partial charge in [0.05, 0.1) is 18.9 Å². The lowest BCUT2D eigenvalue weighted by atomic mass is 10.0. The fraction of sp³-hybridized carbons (Fsp3) is 0.308. The van der Waals surface area contributed by atoms with Crippen LogP contribution in [0.2, 0.25) is 0 Å². The van der Waals surface area contributed by atoms with E-state index >= 15 is 0 Å². The van der Waals surface area contributed by atoms with E-state index in [0.717, 1.165) is 41.6 Å². The van der Waals surface area contributed by atoms with E-state index in [4.69, 9.17) is 14.5 Å². The summed E-state index contributed by atoms with van der Waals surface area (Å²) in [5.41, 5.74) is 5.41. The molecule has 0 N–H and O–H groups in total. The molecule has 0 radical (unpaired) electrons. The third-order valence-electron chi connectivity index (χ3n) is 4.80. The van der Waals surface area contributed by atoms with Crippen molar-refractivity contribution in [2.45, 2.75) is 39.5 Å². The molecule has 3 rings (SSSR count). The highest BCUT2D eigenvalue weighted by Crippen LogP contribution is 2.29. The molecule has 1 aromatic heterocycles. The van der Waals surface area contributed by atoms with Gasteiger partial charge in [0.15, 0.2) is 0 Å². The molecular weight excluding hydrogens is 374 g/mol. The monoisotopic (exact) mass is 403 g/mol. The van der Waals surface area contributed by atoms with Gasteiger partial charge in [-0.25, -0.2) is 4.98 Å². The van der Waals surface area contributed by atoms with Crippen LogP contribution < -0.4 is 4.74 Å². The molecule has 0 bridgehead atoms. The Labute approximate surface area is 178 Å². The summed E-state index contributed by atoms with van der Waals surface area (Å²) in [6.07, 6.45) is 3.07. The van der Waals surface area contributed by atoms with Gasteiger partial charge in [-0.2, -0.15) is 0 Å². The van der Waals surface area contributed by atoms with E-state index in [-0.39, 0.29) is 5.97 Å². The Bertz CT molecular complexity index is 954. The second kappa shape index (κ2) is 11.1. The highest BCUT2D eigenvalue weighted by molar-refractivity contribution is 5.72. The summed E-state index contributed by atoms with van der Waals surface area (Å²) in [4.78, 5) is 16.1. The summed E-state index contributed by atoms with van der Waals surface area (Å²) in [5, 5.41) is 0. The highest BCUT2D eigenvalue weighted by atomic mass is 16.5. The van der Waals surface area contributed by atoms with Crippen LogP contribution >= 0.6 is 0 Å². The average molecular weight is 404 g/mol. The van der Waals surface area contributed by atoms with Crippen molar-refractivity contribution in [2.75, 3.05) is 13.2 Å². The molecule has 0 saturated carbocycles. The van der Waals surface area contributed by atoms with Crippen molar-refractivity contribution in [3.63, 3.8) is 0 Å². The van der Waals surface area contributed by atoms with Gasteiger partial charge in [-0.15, -0.1) is 0 Å². The summed E-state index contributed by atoms with van der Waals surface area (Å²) in [6, 6.07) is 22.7. The second-order valence-electron chi connectivity index (χ2n) is 7.28. The van der Waals surface area contributed by atoms with Gasteiger partial charge in [-0.1, -0.05) is 60.2 Å². The van der Waals surface area contributed by atoms with E-state index in [1.807, 2.05) is 31.2 Å². The molecule has 4 heteroatoms. The molecule has 30 heavy (non-hydrogen) atoms. The van der Waals surface area contributed by atoms with Crippen LogP contribution in [-0.4, -0.2) is 24.2 Å². The Morgan fingerprint density at radius 3 is 2.43 bits per heavy atom. The number of rotatable bonds is 10. The Hall–Kier alpha value is -3.14. The fourth-order valence-electron chi connectivity index (χ4n) is 3.29. The molecule has 0 unspecified atom stereocenters. The number of unbranched alkanes of at least 4 members (excludes halogenated alkanes) is 2. The predicted octanol–water partition coefficient (Wildman–Crippen LogP) is 6.23. The van der Waals surface area contributed by atoms with E-state index in [2.05, 4.69) is 49.4 Å². The van der Waals surface area contributed by atoms with Crippen molar-refractivity contribution in [1.29, 1.82) is 0 Å². The third-order valence-corrected chi connectivity index (χ3v) is 4.80. The molecule has 0 atom stereocenters. The largest absolute Gasteiger partial charge is 0.478 e. The zero-order chi connectivity index (χ0) is 21.2. The lowest BCUT2D eigenvalue weighted by molar-refractivity contribution is -0.143. The normalized spacial score (nSPS) is 10.6. The van der Waals surface area contributed by atoms with E-state index in [0.29, 0.717) is 25.5 Å². The van der Waals surface area contributed by atoms with Crippen LogP contribution in [-0.2, 0) is 9.53 Å². The Kier molecular flexibility index (Phi) is 8.02. The number of nitrogens with zero attached hydrogens (tertiary/aromatic N) is 1. The molecule has 1 heterocycles. The molecule has 0 fully saturated rings. The molecule has 2 aromatic carbocycles. The van der Waals surface area contributed by atoms with Crippen molar-refractivity contribution < 1.29 is 14.3 Å². The number of ether oxygens (including phenoxy) is 2. The SMILES string of the molecule is CCOC(=O)CCCCCOc1cc(-c2cccc(C)c2)cc(-c2ccccc2)n1. The van der Waals surface area contributed by atoms with Gasteiger partial charge in [0, 0.05) is 18.1 Å². The second-order valence-corrected chi connectivity index (χ2v) is 7.28. The minimum absolute atomic E-state index is 0.126. The van der Waals surface area contributed by atoms with Gasteiger partial charge in [-0.05, 0) is 50.3 Å². The molecule has 0 aliphatic carbocycles. The fourth-order valence-corrected chi connectivity index (χ4v) is 3.29. The molecule has 0 aliphatic heterocycles. The lowest BCUT2D eigenvalue weighted by Gasteiger charge is -2.11. The number of benzene rings is 2. The smallest absolute Gasteiger partial charge is 0.305 e. The number of aromatic nitrogens is 1. The number of hydrogen-bond donors (Lipinski definition) is 0. The van der Waals surface area contributed by atoms with Gasteiger partial charge >= 0.3 is 5.97 Å². The molecule has 4 nitrogen and oxygen atoms in total. The van der Waals surface area contributed by atoms with Gasteiger partial charge in [0.25, 0.3) is 0 Å². The zero-order valence-corrected chi connectivity index (χ0v) is 17.8. The number of esters is 1. The van der Waals surface area contributed by atoms with Crippen molar-refractivity contribution in [1.82, 2.24) is 4.98 Å². The van der Waals surface area contributed by atoms with Crippen LogP contribution in [0.25, 0.3) is 22.4 Å². The maximum absolute atomic E-state index is 11.4. The first-order chi connectivity index (χ1) is 14.7. The van der Waals surface area contributed by atoms with Crippen LogP contribution in [0, 0.1) is 6.92 Å². The summed E-state index contributed by atoms with van der Waals surface area (Å²) in [6.45, 7) is 4.93. The van der Waals surface area contributed by atoms with Crippen LogP contribution in [0.3, 0.4) is 0 Å². The molecular formula is C26H29NO3. The molecule has 3 aromatic rings. The van der Waals surface area contributed by atoms with E-state index in [1.165, 1.54) is 5.56 Å². The Morgan fingerprint density at radius 2 is 1.67 bits per heavy atom. The van der Waals surface area contributed by atoms with Crippen molar-refractivity contribution in [2.24, 2.45) is 0 Å². The van der Waals surface area contributed by atoms with Crippen LogP contribution in [0.15, 0.2) is 66.7 Å². The molecule has 156 valence electrons. The molecule has 0 spiro atoms. The predicted molar refractivity (Wildman–Crippen MR) is 120 cm³/mol. The Morgan fingerprint density at radius 1 is 0.867 bits per heavy atom. The zero-order valence-electron chi connectivity index (χ0n) is 17.8. The number of pyridine rings is 1. The van der Waals surface area contributed by atoms with Crippen LogP contribution in [0.4, 0.5) is 0 Å². The number of carbonyl (C=O) groups excluding carboxylic acids is 1. The van der Waals surface area contributed by atoms with Gasteiger partial charge in [0.2, 0.25) is 5.88 Å². The van der Waals surface area contributed by atoms with Crippen LogP contribution in [0.5, 0.6) is 5.88 Å². The van der Waals surface area contributed by atoms with Crippen molar-refractivity contribution >= 4 is 5.97 Å². The van der Waals surface area contributed by atoms with Crippen molar-refractivity contribution in [3.8, 4) is 28.3 Å². The quantitative estimate of drug-likeness (QED) is 0.297. The minimum atomic E-state index is -0.126. The van der Waals surface area contributed by atoms with Crippen LogP contribution in [0.1, 0.15) is 38.2 Å². The van der Waals surface area contributed by atoms with Gasteiger partial charge in [0.1, 0.15) is 0 Å². The summed E-state index contributed by atoms with van der Waals surface area (Å²) >= 11 is 0. The lowest BCUT2D eigenvalue weighted by Crippen LogP contribution is -2.04. The highest BCUT2D eigenvalue weighted by Gasteiger charge is 2.08. The summed E-state index contributed by atoms with van der Waals surface area (Å²) in [5.74, 6) is 0.497. The summed E-state index contributed by atoms with van der Waals surface area (Å²) in [7, 11) is 0. The first-order valence-corrected chi connectivity index (χ1v) is 10.6. The average Bonchev–Trinajstić information content (AvgIpc) is 2.77. The van der Waals surface area contributed by atoms with Gasteiger partial charge in [-0.3, -0.25) is 4.79 Å². The minimum Gasteiger partial charge on any atom is -0.478 e. The van der Waals surface area contributed by atoms with E-state index < -0.39 is 0 Å². The number of aryl methyl sites for hydroxylation is 1. The van der Waals surface area contributed by atoms with E-state index in [1.54, 1.807) is 0 Å². The van der Waals surface area contributed by atoms with Crippen molar-refractivity contribution in [3.05, 3.63) is 72.3 Å². The van der Waals surface area contributed by atoms with Gasteiger partial charge < -0.3 is 9.47 Å². The first-order valence-electron chi connectivity index (χ1n) is 10.6. The maximum atomic E-state index is 11.4. The molecule has 0 aliphatic rings. The topological polar surface area (TPSA) is 48.4 Å². The number of hydrogen-bond acceptors (Lipinski definition) is 4. The molecule has 0 saturated heterocycles. The first kappa shape index (κ1) is 21.6. The maximum Gasteiger partial charge on any atom is 0.305 e. The van der Waals surface area contributed by atoms with E-state index in [9.17, 15) is 4.79 Å². The number of carbonyl (C=O) groups is 1. The standard InChI is InChI=1S/C26H29NO3/c1-3-29-26(28)15-8-5-9-16-30-25-19-23(22-14-10-11-20(2)17-22)18-24(27-25)21-12-6-4-7-13-21/h4,6-7,10-14,17-19H,3,5,8-9,15-16H2,1-2H3. The molecule has 0 amide bonds. The summed E-state index contributed by atoms with van der Waals surface area (Å²) < 4.78 is 10.9.